The van der Waals surface area contributed by atoms with Crippen LogP contribution in [0.15, 0.2) is 12.1 Å². The molecule has 102 valence electrons. The third-order valence-electron chi connectivity index (χ3n) is 3.11. The summed E-state index contributed by atoms with van der Waals surface area (Å²) in [7, 11) is 0. The Balaban J connectivity index is 2.21. The van der Waals surface area contributed by atoms with Crippen molar-refractivity contribution in [2.24, 2.45) is 5.92 Å². The number of carbonyl (C=O) groups excluding carboxylic acids is 1. The predicted molar refractivity (Wildman–Crippen MR) is 66.5 cm³/mol. The average Bonchev–Trinajstić information content (AvgIpc) is 2.24. The van der Waals surface area contributed by atoms with Gasteiger partial charge in [-0.1, -0.05) is 0 Å². The maximum atomic E-state index is 13.3. The topological polar surface area (TPSA) is 84.3 Å². The summed E-state index contributed by atoms with van der Waals surface area (Å²) in [4.78, 5) is 22.2. The van der Waals surface area contributed by atoms with Gasteiger partial charge in [0.15, 0.2) is 0 Å². The molecule has 0 atom stereocenters. The summed E-state index contributed by atoms with van der Waals surface area (Å²) in [5, 5.41) is 16.6. The van der Waals surface area contributed by atoms with Crippen molar-refractivity contribution >= 4 is 11.6 Å². The lowest BCUT2D eigenvalue weighted by molar-refractivity contribution is -0.385. The van der Waals surface area contributed by atoms with Gasteiger partial charge in [-0.05, 0) is 19.1 Å². The van der Waals surface area contributed by atoms with Crippen LogP contribution < -0.4 is 10.6 Å². The third kappa shape index (κ3) is 2.87. The van der Waals surface area contributed by atoms with E-state index < -0.39 is 16.6 Å². The molecule has 0 radical (unpaired) electrons. The molecule has 6 nitrogen and oxygen atoms in total. The molecule has 0 saturated carbocycles. The highest BCUT2D eigenvalue weighted by Crippen LogP contribution is 2.24. The molecular formula is C12H14FN3O3. The first-order valence-electron chi connectivity index (χ1n) is 5.92. The van der Waals surface area contributed by atoms with Gasteiger partial charge >= 0.3 is 0 Å². The van der Waals surface area contributed by atoms with Crippen molar-refractivity contribution in [3.8, 4) is 0 Å². The number of nitro benzene ring substituents is 1. The lowest BCUT2D eigenvalue weighted by atomic mass is 10.0. The number of hydrogen-bond donors (Lipinski definition) is 2. The average molecular weight is 267 g/mol. The molecule has 1 aromatic rings. The molecule has 0 unspecified atom stereocenters. The summed E-state index contributed by atoms with van der Waals surface area (Å²) in [6, 6.07) is 1.95. The van der Waals surface area contributed by atoms with E-state index in [1.807, 2.05) is 0 Å². The zero-order chi connectivity index (χ0) is 14.0. The van der Waals surface area contributed by atoms with Crippen LogP contribution in [0.5, 0.6) is 0 Å². The fourth-order valence-corrected chi connectivity index (χ4v) is 1.98. The number of aryl methyl sites for hydroxylation is 1. The van der Waals surface area contributed by atoms with Gasteiger partial charge in [0.25, 0.3) is 11.6 Å². The van der Waals surface area contributed by atoms with Gasteiger partial charge in [-0.25, -0.2) is 4.39 Å². The number of nitrogens with one attached hydrogen (secondary N) is 2. The van der Waals surface area contributed by atoms with E-state index in [4.69, 9.17) is 0 Å². The van der Waals surface area contributed by atoms with Crippen molar-refractivity contribution in [2.45, 2.75) is 6.92 Å². The molecule has 0 bridgehead atoms. The summed E-state index contributed by atoms with van der Waals surface area (Å²) >= 11 is 0. The van der Waals surface area contributed by atoms with Crippen molar-refractivity contribution in [3.63, 3.8) is 0 Å². The van der Waals surface area contributed by atoms with E-state index in [-0.39, 0.29) is 16.8 Å². The van der Waals surface area contributed by atoms with Gasteiger partial charge in [0.05, 0.1) is 4.92 Å². The standard InChI is InChI=1S/C12H14FN3O3/c1-7-2-9(13)3-10(11(7)16(18)19)12(17)15-6-8-4-14-5-8/h2-3,8,14H,4-6H2,1H3,(H,15,17). The minimum atomic E-state index is -0.658. The number of rotatable bonds is 4. The molecule has 1 fully saturated rings. The van der Waals surface area contributed by atoms with E-state index in [1.54, 1.807) is 0 Å². The fourth-order valence-electron chi connectivity index (χ4n) is 1.98. The second-order valence-electron chi connectivity index (χ2n) is 4.61. The molecule has 2 rings (SSSR count). The number of amides is 1. The van der Waals surface area contributed by atoms with Gasteiger partial charge in [-0.15, -0.1) is 0 Å². The smallest absolute Gasteiger partial charge is 0.285 e. The van der Waals surface area contributed by atoms with Crippen LogP contribution in [0.1, 0.15) is 15.9 Å². The Morgan fingerprint density at radius 2 is 2.26 bits per heavy atom. The van der Waals surface area contributed by atoms with Crippen LogP contribution in [-0.4, -0.2) is 30.5 Å². The lowest BCUT2D eigenvalue weighted by Crippen LogP contribution is -2.48. The van der Waals surface area contributed by atoms with Crippen molar-refractivity contribution in [1.82, 2.24) is 10.6 Å². The van der Waals surface area contributed by atoms with Crippen LogP contribution in [0.4, 0.5) is 10.1 Å². The number of nitro groups is 1. The van der Waals surface area contributed by atoms with E-state index in [1.165, 1.54) is 6.92 Å². The highest BCUT2D eigenvalue weighted by atomic mass is 19.1. The fraction of sp³-hybridized carbons (Fsp3) is 0.417. The maximum absolute atomic E-state index is 13.3. The van der Waals surface area contributed by atoms with Crippen molar-refractivity contribution in [2.75, 3.05) is 19.6 Å². The van der Waals surface area contributed by atoms with Gasteiger partial charge < -0.3 is 10.6 Å². The highest BCUT2D eigenvalue weighted by molar-refractivity contribution is 5.98. The number of halogens is 1. The van der Waals surface area contributed by atoms with E-state index in [0.717, 1.165) is 25.2 Å². The molecule has 1 heterocycles. The molecule has 0 aliphatic carbocycles. The van der Waals surface area contributed by atoms with E-state index in [9.17, 15) is 19.3 Å². The Bertz CT molecular complexity index is 529. The van der Waals surface area contributed by atoms with Crippen LogP contribution in [0.3, 0.4) is 0 Å². The van der Waals surface area contributed by atoms with Crippen LogP contribution in [0.2, 0.25) is 0 Å². The molecule has 1 aromatic carbocycles. The second-order valence-corrected chi connectivity index (χ2v) is 4.61. The Morgan fingerprint density at radius 3 is 2.79 bits per heavy atom. The van der Waals surface area contributed by atoms with Crippen LogP contribution in [0.25, 0.3) is 0 Å². The molecule has 1 aliphatic heterocycles. The minimum Gasteiger partial charge on any atom is -0.351 e. The number of nitrogens with zero attached hydrogens (tertiary/aromatic N) is 1. The summed E-state index contributed by atoms with van der Waals surface area (Å²) in [5.74, 6) is -0.933. The maximum Gasteiger partial charge on any atom is 0.285 e. The van der Waals surface area contributed by atoms with Crippen LogP contribution in [-0.2, 0) is 0 Å². The van der Waals surface area contributed by atoms with Crippen molar-refractivity contribution in [3.05, 3.63) is 39.2 Å². The van der Waals surface area contributed by atoms with Gasteiger partial charge in [-0.2, -0.15) is 0 Å². The summed E-state index contributed by atoms with van der Waals surface area (Å²) in [5.41, 5.74) is -0.430. The van der Waals surface area contributed by atoms with Gasteiger partial charge in [0, 0.05) is 31.1 Å². The van der Waals surface area contributed by atoms with Crippen LogP contribution in [0, 0.1) is 28.8 Å². The first-order chi connectivity index (χ1) is 8.99. The largest absolute Gasteiger partial charge is 0.351 e. The van der Waals surface area contributed by atoms with Crippen LogP contribution >= 0.6 is 0 Å². The first-order valence-corrected chi connectivity index (χ1v) is 5.92. The normalized spacial score (nSPS) is 14.8. The number of benzene rings is 1. The molecule has 2 N–H and O–H groups in total. The molecule has 0 aromatic heterocycles. The van der Waals surface area contributed by atoms with Crippen molar-refractivity contribution in [1.29, 1.82) is 0 Å². The molecule has 1 amide bonds. The Hall–Kier alpha value is -2.02. The summed E-state index contributed by atoms with van der Waals surface area (Å²) in [6.07, 6.45) is 0. The molecular weight excluding hydrogens is 253 g/mol. The zero-order valence-corrected chi connectivity index (χ0v) is 10.4. The van der Waals surface area contributed by atoms with Crippen molar-refractivity contribution < 1.29 is 14.1 Å². The third-order valence-corrected chi connectivity index (χ3v) is 3.11. The predicted octanol–water partition coefficient (Wildman–Crippen LogP) is 0.992. The molecule has 1 saturated heterocycles. The molecule has 19 heavy (non-hydrogen) atoms. The molecule has 7 heteroatoms. The highest BCUT2D eigenvalue weighted by Gasteiger charge is 2.25. The first kappa shape index (κ1) is 13.4. The SMILES string of the molecule is Cc1cc(F)cc(C(=O)NCC2CNC2)c1[N+](=O)[O-]. The molecule has 1 aliphatic rings. The molecule has 0 spiro atoms. The zero-order valence-electron chi connectivity index (χ0n) is 10.4. The second kappa shape index (κ2) is 5.31. The van der Waals surface area contributed by atoms with Gasteiger partial charge in [0.1, 0.15) is 11.4 Å². The monoisotopic (exact) mass is 267 g/mol. The lowest BCUT2D eigenvalue weighted by Gasteiger charge is -2.27. The van der Waals surface area contributed by atoms with E-state index >= 15 is 0 Å². The van der Waals surface area contributed by atoms with Gasteiger partial charge in [0.2, 0.25) is 0 Å². The Kier molecular flexibility index (Phi) is 3.75. The quantitative estimate of drug-likeness (QED) is 0.629. The Morgan fingerprint density at radius 1 is 1.58 bits per heavy atom. The van der Waals surface area contributed by atoms with E-state index in [0.29, 0.717) is 12.5 Å². The van der Waals surface area contributed by atoms with Gasteiger partial charge in [-0.3, -0.25) is 14.9 Å². The number of carbonyl (C=O) groups is 1. The summed E-state index contributed by atoms with van der Waals surface area (Å²) in [6.45, 7) is 3.46. The van der Waals surface area contributed by atoms with E-state index in [2.05, 4.69) is 10.6 Å². The minimum absolute atomic E-state index is 0.139. The summed E-state index contributed by atoms with van der Waals surface area (Å²) < 4.78 is 13.3. The Labute approximate surface area is 109 Å². The number of hydrogen-bond acceptors (Lipinski definition) is 4.